The van der Waals surface area contributed by atoms with E-state index in [1.54, 1.807) is 0 Å². The van der Waals surface area contributed by atoms with Crippen molar-refractivity contribution in [2.45, 2.75) is 32.6 Å². The summed E-state index contributed by atoms with van der Waals surface area (Å²) in [5, 5.41) is 0. The molecule has 154 valence electrons. The third-order valence-corrected chi connectivity index (χ3v) is 11.9. The molecule has 0 unspecified atom stereocenters. The van der Waals surface area contributed by atoms with Crippen molar-refractivity contribution in [1.29, 1.82) is 0 Å². The molecule has 0 bridgehead atoms. The zero-order valence-electron chi connectivity index (χ0n) is 16.5. The predicted octanol–water partition coefficient (Wildman–Crippen LogP) is 6.06. The third-order valence-electron chi connectivity index (χ3n) is 4.64. The van der Waals surface area contributed by atoms with Gasteiger partial charge in [0.2, 0.25) is 0 Å². The molecule has 0 aliphatic heterocycles. The predicted molar refractivity (Wildman–Crippen MR) is 118 cm³/mol. The van der Waals surface area contributed by atoms with E-state index >= 15 is 0 Å². The van der Waals surface area contributed by atoms with Gasteiger partial charge in [0.25, 0.3) is 0 Å². The number of hydrogen-bond acceptors (Lipinski definition) is 3. The Morgan fingerprint density at radius 3 is 1.69 bits per heavy atom. The van der Waals surface area contributed by atoms with Crippen LogP contribution in [0.5, 0.6) is 0 Å². The molecule has 0 aliphatic rings. The Kier molecular flexibility index (Phi) is 6.40. The van der Waals surface area contributed by atoms with Crippen molar-refractivity contribution in [3.05, 3.63) is 95.6 Å². The first-order valence-electron chi connectivity index (χ1n) is 8.83. The summed E-state index contributed by atoms with van der Waals surface area (Å²) in [6.07, 6.45) is 0. The second kappa shape index (κ2) is 8.49. The van der Waals surface area contributed by atoms with Crippen LogP contribution in [-0.4, -0.2) is 8.42 Å². The van der Waals surface area contributed by atoms with Gasteiger partial charge in [-0.2, -0.15) is 0 Å². The number of benzene rings is 3. The van der Waals surface area contributed by atoms with Crippen LogP contribution in [-0.2, 0) is 12.6 Å². The minimum absolute atomic E-state index is 0.543. The third kappa shape index (κ3) is 4.84. The Morgan fingerprint density at radius 2 is 1.24 bits per heavy atom. The van der Waals surface area contributed by atoms with Gasteiger partial charge in [-0.25, -0.2) is 0 Å². The van der Waals surface area contributed by atoms with Gasteiger partial charge in [-0.05, 0) is 0 Å². The number of halogens is 3. The molecule has 3 rings (SSSR count). The van der Waals surface area contributed by atoms with Crippen molar-refractivity contribution >= 4 is 30.4 Å². The Balaban J connectivity index is 2.11. The van der Waals surface area contributed by atoms with E-state index in [1.165, 1.54) is 0 Å². The van der Waals surface area contributed by atoms with Gasteiger partial charge in [0.15, 0.2) is 0 Å². The van der Waals surface area contributed by atoms with Crippen LogP contribution < -0.4 is 0 Å². The SMILES string of the molecule is Cc1ccc(I(OS(=O)(=O)c2ccc(F)cc2F)c2ccc(C)c(C)c2)cc1C. The Labute approximate surface area is 177 Å². The van der Waals surface area contributed by atoms with Crippen molar-refractivity contribution in [3.63, 3.8) is 0 Å². The fraction of sp³-hybridized carbons (Fsp3) is 0.182. The van der Waals surface area contributed by atoms with E-state index in [9.17, 15) is 17.2 Å². The van der Waals surface area contributed by atoms with Crippen molar-refractivity contribution in [1.82, 2.24) is 0 Å². The van der Waals surface area contributed by atoms with E-state index in [0.29, 0.717) is 6.07 Å². The van der Waals surface area contributed by atoms with Crippen molar-refractivity contribution < 1.29 is 19.7 Å². The van der Waals surface area contributed by atoms with Gasteiger partial charge in [-0.15, -0.1) is 0 Å². The second-order valence-corrected chi connectivity index (χ2v) is 13.3. The number of aryl methyl sites for hydroxylation is 4. The van der Waals surface area contributed by atoms with Gasteiger partial charge in [-0.1, -0.05) is 0 Å². The standard InChI is InChI=1S/C22H21F2IO3S/c1-14-5-8-19(11-16(14)3)25(20-9-6-15(2)17(4)12-20)28-29(26,27)22-10-7-18(23)13-21(22)24/h5-13H,1-4H3. The van der Waals surface area contributed by atoms with Crippen LogP contribution in [0.1, 0.15) is 22.3 Å². The average molecular weight is 530 g/mol. The molecule has 0 spiro atoms. The molecule has 0 fully saturated rings. The summed E-state index contributed by atoms with van der Waals surface area (Å²) in [6.45, 7) is 7.84. The van der Waals surface area contributed by atoms with Crippen LogP contribution in [0, 0.1) is 46.5 Å². The first kappa shape index (κ1) is 21.9. The molecule has 0 heterocycles. The normalized spacial score (nSPS) is 12.1. The van der Waals surface area contributed by atoms with Gasteiger partial charge in [0.05, 0.1) is 0 Å². The molecular weight excluding hydrogens is 509 g/mol. The van der Waals surface area contributed by atoms with Crippen LogP contribution in [0.2, 0.25) is 0 Å². The molecule has 0 saturated carbocycles. The molecule has 7 heteroatoms. The second-order valence-electron chi connectivity index (χ2n) is 6.80. The summed E-state index contributed by atoms with van der Waals surface area (Å²) in [6, 6.07) is 13.8. The molecule has 0 atom stereocenters. The van der Waals surface area contributed by atoms with Crippen molar-refractivity contribution in [2.24, 2.45) is 0 Å². The molecule has 3 nitrogen and oxygen atoms in total. The summed E-state index contributed by atoms with van der Waals surface area (Å²) in [4.78, 5) is -0.658. The number of hydrogen-bond donors (Lipinski definition) is 0. The van der Waals surface area contributed by atoms with Crippen LogP contribution >= 0.6 is 20.2 Å². The quantitative estimate of drug-likeness (QED) is 0.377. The summed E-state index contributed by atoms with van der Waals surface area (Å²) >= 11 is -2.95. The molecule has 3 aromatic rings. The van der Waals surface area contributed by atoms with Crippen LogP contribution in [0.4, 0.5) is 8.78 Å². The van der Waals surface area contributed by atoms with Gasteiger partial charge in [0.1, 0.15) is 0 Å². The summed E-state index contributed by atoms with van der Waals surface area (Å²) in [5.74, 6) is -2.01. The fourth-order valence-corrected chi connectivity index (χ4v) is 10.0. The van der Waals surface area contributed by atoms with Crippen LogP contribution in [0.25, 0.3) is 0 Å². The topological polar surface area (TPSA) is 43.4 Å². The Morgan fingerprint density at radius 1 is 0.724 bits per heavy atom. The molecular formula is C22H21F2IO3S. The fourth-order valence-electron chi connectivity index (χ4n) is 2.62. The molecule has 0 radical (unpaired) electrons. The van der Waals surface area contributed by atoms with E-state index in [1.807, 2.05) is 64.1 Å². The summed E-state index contributed by atoms with van der Waals surface area (Å²) in [7, 11) is -4.42. The van der Waals surface area contributed by atoms with E-state index in [4.69, 9.17) is 2.51 Å². The monoisotopic (exact) mass is 530 g/mol. The first-order chi connectivity index (χ1) is 13.6. The summed E-state index contributed by atoms with van der Waals surface area (Å²) in [5.41, 5.74) is 4.19. The Hall–Kier alpha value is -1.84. The van der Waals surface area contributed by atoms with E-state index in [2.05, 4.69) is 0 Å². The van der Waals surface area contributed by atoms with E-state index in [0.717, 1.165) is 41.5 Å². The van der Waals surface area contributed by atoms with E-state index < -0.39 is 46.9 Å². The zero-order valence-corrected chi connectivity index (χ0v) is 19.4. The van der Waals surface area contributed by atoms with Crippen LogP contribution in [0.3, 0.4) is 0 Å². The zero-order chi connectivity index (χ0) is 21.3. The first-order valence-corrected chi connectivity index (χ1v) is 13.3. The maximum absolute atomic E-state index is 14.2. The van der Waals surface area contributed by atoms with Gasteiger partial charge in [0, 0.05) is 0 Å². The number of rotatable bonds is 5. The minimum atomic E-state index is -4.42. The molecule has 0 N–H and O–H groups in total. The molecule has 3 aromatic carbocycles. The molecule has 0 amide bonds. The van der Waals surface area contributed by atoms with Crippen LogP contribution in [0.15, 0.2) is 59.5 Å². The van der Waals surface area contributed by atoms with Crippen molar-refractivity contribution in [3.8, 4) is 0 Å². The summed E-state index contributed by atoms with van der Waals surface area (Å²) < 4.78 is 60.4. The van der Waals surface area contributed by atoms with Gasteiger partial charge < -0.3 is 0 Å². The molecule has 0 aliphatic carbocycles. The van der Waals surface area contributed by atoms with E-state index in [-0.39, 0.29) is 0 Å². The van der Waals surface area contributed by atoms with Gasteiger partial charge >= 0.3 is 178 Å². The average Bonchev–Trinajstić information content (AvgIpc) is 2.64. The maximum atomic E-state index is 14.2. The van der Waals surface area contributed by atoms with Crippen molar-refractivity contribution in [2.75, 3.05) is 0 Å². The molecule has 0 saturated heterocycles. The Bertz CT molecular complexity index is 1130. The molecule has 29 heavy (non-hydrogen) atoms. The van der Waals surface area contributed by atoms with Gasteiger partial charge in [-0.3, -0.25) is 0 Å². The molecule has 0 aromatic heterocycles.